The topological polar surface area (TPSA) is 30.5 Å². The Bertz CT molecular complexity index is 361. The summed E-state index contributed by atoms with van der Waals surface area (Å²) in [5, 5.41) is 3.29. The summed E-state index contributed by atoms with van der Waals surface area (Å²) in [4.78, 5) is 0. The minimum Gasteiger partial charge on any atom is -0.464 e. The van der Waals surface area contributed by atoms with E-state index in [9.17, 15) is 4.39 Å². The smallest absolute Gasteiger partial charge is 0.188 e. The molecule has 0 aromatic heterocycles. The number of halogens is 1. The van der Waals surface area contributed by atoms with Crippen LogP contribution >= 0.6 is 0 Å². The van der Waals surface area contributed by atoms with Gasteiger partial charge in [0.25, 0.3) is 0 Å². The number of methoxy groups -OCH3 is 1. The van der Waals surface area contributed by atoms with E-state index in [0.29, 0.717) is 6.54 Å². The Kier molecular flexibility index (Phi) is 4.90. The predicted octanol–water partition coefficient (Wildman–Crippen LogP) is 2.70. The zero-order valence-corrected chi connectivity index (χ0v) is 10.8. The fourth-order valence-corrected chi connectivity index (χ4v) is 1.33. The summed E-state index contributed by atoms with van der Waals surface area (Å²) >= 11 is 0. The van der Waals surface area contributed by atoms with Gasteiger partial charge >= 0.3 is 0 Å². The van der Waals surface area contributed by atoms with Crippen LogP contribution in [0.3, 0.4) is 0 Å². The zero-order chi connectivity index (χ0) is 12.9. The number of para-hydroxylation sites is 1. The average Bonchev–Trinajstić information content (AvgIpc) is 2.24. The number of hydrogen-bond donors (Lipinski definition) is 1. The van der Waals surface area contributed by atoms with Gasteiger partial charge in [-0.1, -0.05) is 12.1 Å². The molecule has 96 valence electrons. The summed E-state index contributed by atoms with van der Waals surface area (Å²) in [5.74, 6) is -0.110. The lowest BCUT2D eigenvalue weighted by Gasteiger charge is -2.21. The molecule has 0 fully saturated rings. The van der Waals surface area contributed by atoms with Gasteiger partial charge in [0, 0.05) is 24.8 Å². The SMILES string of the molecule is COCOc1c(F)cccc1CNC(C)(C)C. The molecular weight excluding hydrogens is 221 g/mol. The maximum absolute atomic E-state index is 13.6. The number of rotatable bonds is 5. The van der Waals surface area contributed by atoms with E-state index < -0.39 is 0 Å². The van der Waals surface area contributed by atoms with E-state index in [4.69, 9.17) is 9.47 Å². The van der Waals surface area contributed by atoms with Crippen LogP contribution in [0.2, 0.25) is 0 Å². The Labute approximate surface area is 102 Å². The van der Waals surface area contributed by atoms with Gasteiger partial charge in [-0.2, -0.15) is 0 Å². The normalized spacial score (nSPS) is 11.6. The van der Waals surface area contributed by atoms with Crippen LogP contribution in [0.25, 0.3) is 0 Å². The molecular formula is C13H20FNO2. The van der Waals surface area contributed by atoms with Gasteiger partial charge < -0.3 is 14.8 Å². The molecule has 0 saturated heterocycles. The van der Waals surface area contributed by atoms with Crippen LogP contribution in [0.1, 0.15) is 26.3 Å². The van der Waals surface area contributed by atoms with E-state index in [0.717, 1.165) is 5.56 Å². The molecule has 0 aliphatic carbocycles. The van der Waals surface area contributed by atoms with Crippen molar-refractivity contribution in [2.45, 2.75) is 32.9 Å². The Balaban J connectivity index is 2.79. The summed E-state index contributed by atoms with van der Waals surface area (Å²) in [5.41, 5.74) is 0.766. The van der Waals surface area contributed by atoms with Crippen LogP contribution in [0, 0.1) is 5.82 Å². The lowest BCUT2D eigenvalue weighted by Crippen LogP contribution is -2.35. The van der Waals surface area contributed by atoms with Crippen molar-refractivity contribution in [3.05, 3.63) is 29.6 Å². The summed E-state index contributed by atoms with van der Waals surface area (Å²) in [6, 6.07) is 4.90. The molecule has 0 bridgehead atoms. The summed E-state index contributed by atoms with van der Waals surface area (Å²) < 4.78 is 23.6. The first-order chi connectivity index (χ1) is 7.94. The minimum atomic E-state index is -0.366. The average molecular weight is 241 g/mol. The largest absolute Gasteiger partial charge is 0.464 e. The zero-order valence-electron chi connectivity index (χ0n) is 10.8. The second-order valence-corrected chi connectivity index (χ2v) is 4.88. The van der Waals surface area contributed by atoms with Crippen LogP contribution in [0.15, 0.2) is 18.2 Å². The Morgan fingerprint density at radius 1 is 1.29 bits per heavy atom. The van der Waals surface area contributed by atoms with Gasteiger partial charge in [-0.3, -0.25) is 0 Å². The second-order valence-electron chi connectivity index (χ2n) is 4.88. The van der Waals surface area contributed by atoms with Gasteiger partial charge in [-0.05, 0) is 26.8 Å². The Morgan fingerprint density at radius 2 is 2.00 bits per heavy atom. The van der Waals surface area contributed by atoms with Gasteiger partial charge in [0.05, 0.1) is 0 Å². The first-order valence-corrected chi connectivity index (χ1v) is 5.58. The third-order valence-corrected chi connectivity index (χ3v) is 2.18. The molecule has 1 aromatic rings. The Hall–Kier alpha value is -1.13. The van der Waals surface area contributed by atoms with E-state index in [1.54, 1.807) is 6.07 Å². The fraction of sp³-hybridized carbons (Fsp3) is 0.538. The van der Waals surface area contributed by atoms with Gasteiger partial charge in [-0.15, -0.1) is 0 Å². The van der Waals surface area contributed by atoms with Crippen molar-refractivity contribution >= 4 is 0 Å². The molecule has 1 rings (SSSR count). The molecule has 0 heterocycles. The highest BCUT2D eigenvalue weighted by molar-refractivity contribution is 5.34. The number of benzene rings is 1. The van der Waals surface area contributed by atoms with E-state index in [2.05, 4.69) is 26.1 Å². The van der Waals surface area contributed by atoms with Crippen LogP contribution in [0.5, 0.6) is 5.75 Å². The van der Waals surface area contributed by atoms with Crippen molar-refractivity contribution in [1.82, 2.24) is 5.32 Å². The molecule has 0 saturated carbocycles. The number of nitrogens with one attached hydrogen (secondary N) is 1. The third-order valence-electron chi connectivity index (χ3n) is 2.18. The van der Waals surface area contributed by atoms with E-state index in [1.807, 2.05) is 6.07 Å². The van der Waals surface area contributed by atoms with Gasteiger partial charge in [0.15, 0.2) is 18.4 Å². The highest BCUT2D eigenvalue weighted by Crippen LogP contribution is 2.23. The van der Waals surface area contributed by atoms with Gasteiger partial charge in [0.1, 0.15) is 0 Å². The fourth-order valence-electron chi connectivity index (χ4n) is 1.33. The monoisotopic (exact) mass is 241 g/mol. The molecule has 0 atom stereocenters. The molecule has 3 nitrogen and oxygen atoms in total. The quantitative estimate of drug-likeness (QED) is 0.804. The summed E-state index contributed by atoms with van der Waals surface area (Å²) in [7, 11) is 1.51. The predicted molar refractivity (Wildman–Crippen MR) is 65.5 cm³/mol. The van der Waals surface area contributed by atoms with Crippen molar-refractivity contribution in [2.75, 3.05) is 13.9 Å². The van der Waals surface area contributed by atoms with Crippen molar-refractivity contribution in [3.8, 4) is 5.75 Å². The number of ether oxygens (including phenoxy) is 2. The summed E-state index contributed by atoms with van der Waals surface area (Å²) in [6.07, 6.45) is 0. The lowest BCUT2D eigenvalue weighted by atomic mass is 10.1. The third kappa shape index (κ3) is 4.71. The molecule has 0 amide bonds. The maximum Gasteiger partial charge on any atom is 0.188 e. The highest BCUT2D eigenvalue weighted by Gasteiger charge is 2.13. The molecule has 0 unspecified atom stereocenters. The van der Waals surface area contributed by atoms with Crippen molar-refractivity contribution in [1.29, 1.82) is 0 Å². The molecule has 17 heavy (non-hydrogen) atoms. The van der Waals surface area contributed by atoms with Crippen molar-refractivity contribution in [2.24, 2.45) is 0 Å². The summed E-state index contributed by atoms with van der Waals surface area (Å²) in [6.45, 7) is 6.77. The highest BCUT2D eigenvalue weighted by atomic mass is 19.1. The van der Waals surface area contributed by atoms with Crippen molar-refractivity contribution < 1.29 is 13.9 Å². The van der Waals surface area contributed by atoms with Crippen LogP contribution in [-0.4, -0.2) is 19.4 Å². The standard InChI is InChI=1S/C13H20FNO2/c1-13(2,3)15-8-10-6-5-7-11(14)12(10)17-9-16-4/h5-7,15H,8-9H2,1-4H3. The molecule has 0 radical (unpaired) electrons. The first-order valence-electron chi connectivity index (χ1n) is 5.58. The second kappa shape index (κ2) is 5.98. The van der Waals surface area contributed by atoms with Crippen LogP contribution < -0.4 is 10.1 Å². The van der Waals surface area contributed by atoms with Crippen LogP contribution in [-0.2, 0) is 11.3 Å². The van der Waals surface area contributed by atoms with Gasteiger partial charge in [-0.25, -0.2) is 4.39 Å². The molecule has 0 aliphatic heterocycles. The molecule has 0 spiro atoms. The molecule has 1 aromatic carbocycles. The molecule has 4 heteroatoms. The first kappa shape index (κ1) is 13.9. The maximum atomic E-state index is 13.6. The van der Waals surface area contributed by atoms with E-state index >= 15 is 0 Å². The Morgan fingerprint density at radius 3 is 2.59 bits per heavy atom. The van der Waals surface area contributed by atoms with E-state index in [-0.39, 0.29) is 23.9 Å². The van der Waals surface area contributed by atoms with E-state index in [1.165, 1.54) is 13.2 Å². The van der Waals surface area contributed by atoms with Crippen LogP contribution in [0.4, 0.5) is 4.39 Å². The lowest BCUT2D eigenvalue weighted by molar-refractivity contribution is 0.0474. The van der Waals surface area contributed by atoms with Crippen molar-refractivity contribution in [3.63, 3.8) is 0 Å². The number of hydrogen-bond acceptors (Lipinski definition) is 3. The molecule has 0 aliphatic rings. The van der Waals surface area contributed by atoms with Gasteiger partial charge in [0.2, 0.25) is 0 Å². The molecule has 1 N–H and O–H groups in total. The minimum absolute atomic E-state index is 0.0230.